The van der Waals surface area contributed by atoms with Gasteiger partial charge in [-0.25, -0.2) is 9.97 Å². The highest BCUT2D eigenvalue weighted by atomic mass is 16.2. The number of nitrogens with zero attached hydrogens (tertiary/aromatic N) is 3. The Morgan fingerprint density at radius 2 is 1.83 bits per heavy atom. The van der Waals surface area contributed by atoms with E-state index in [1.54, 1.807) is 12.1 Å². The minimum Gasteiger partial charge on any atom is -0.393 e. The van der Waals surface area contributed by atoms with Gasteiger partial charge in [0, 0.05) is 18.7 Å². The van der Waals surface area contributed by atoms with Crippen molar-refractivity contribution in [3.63, 3.8) is 0 Å². The third-order valence-electron chi connectivity index (χ3n) is 4.13. The molecular formula is C17H22N6O. The molecule has 2 aromatic rings. The number of benzene rings is 1. The summed E-state index contributed by atoms with van der Waals surface area (Å²) in [5.74, 6) is 0.885. The minimum atomic E-state index is -0.243. The highest BCUT2D eigenvalue weighted by Crippen LogP contribution is 2.27. The number of hydrazine groups is 1. The van der Waals surface area contributed by atoms with Gasteiger partial charge in [0.25, 0.3) is 5.91 Å². The Morgan fingerprint density at radius 1 is 1.12 bits per heavy atom. The van der Waals surface area contributed by atoms with E-state index in [4.69, 9.17) is 5.73 Å². The van der Waals surface area contributed by atoms with Crippen LogP contribution in [0.3, 0.4) is 0 Å². The molecule has 7 nitrogen and oxygen atoms in total. The molecule has 0 aliphatic carbocycles. The summed E-state index contributed by atoms with van der Waals surface area (Å²) in [5, 5.41) is 0. The lowest BCUT2D eigenvalue weighted by Gasteiger charge is -2.28. The van der Waals surface area contributed by atoms with E-state index in [1.807, 2.05) is 19.1 Å². The zero-order valence-electron chi connectivity index (χ0n) is 13.7. The second-order valence-corrected chi connectivity index (χ2v) is 5.95. The van der Waals surface area contributed by atoms with E-state index in [0.29, 0.717) is 17.1 Å². The third-order valence-corrected chi connectivity index (χ3v) is 4.13. The molecule has 1 amide bonds. The number of nitrogen functional groups attached to an aromatic ring is 1. The van der Waals surface area contributed by atoms with E-state index >= 15 is 0 Å². The number of aryl methyl sites for hydroxylation is 1. The molecule has 0 bridgehead atoms. The van der Waals surface area contributed by atoms with Crippen molar-refractivity contribution in [1.82, 2.24) is 15.4 Å². The smallest absolute Gasteiger partial charge is 0.269 e. The quantitative estimate of drug-likeness (QED) is 0.745. The van der Waals surface area contributed by atoms with Crippen molar-refractivity contribution >= 4 is 23.2 Å². The molecule has 0 spiro atoms. The predicted octanol–water partition coefficient (Wildman–Crippen LogP) is 2.11. The molecule has 24 heavy (non-hydrogen) atoms. The molecule has 0 radical (unpaired) electrons. The molecule has 0 unspecified atom stereocenters. The molecule has 2 heterocycles. The van der Waals surface area contributed by atoms with Crippen LogP contribution in [0, 0.1) is 6.92 Å². The van der Waals surface area contributed by atoms with Gasteiger partial charge in [-0.05, 0) is 38.3 Å². The van der Waals surface area contributed by atoms with Crippen molar-refractivity contribution in [2.45, 2.75) is 26.2 Å². The first-order chi connectivity index (χ1) is 11.6. The number of hydrogen-bond acceptors (Lipinski definition) is 6. The molecule has 126 valence electrons. The average molecular weight is 326 g/mol. The maximum Gasteiger partial charge on any atom is 0.269 e. The van der Waals surface area contributed by atoms with Crippen molar-refractivity contribution in [3.8, 4) is 0 Å². The molecule has 0 saturated carbocycles. The Bertz CT molecular complexity index is 710. The summed E-state index contributed by atoms with van der Waals surface area (Å²) in [4.78, 5) is 22.7. The first-order valence-corrected chi connectivity index (χ1v) is 8.13. The van der Waals surface area contributed by atoms with Gasteiger partial charge in [-0.3, -0.25) is 15.6 Å². The van der Waals surface area contributed by atoms with Crippen LogP contribution < -0.4 is 21.5 Å². The van der Waals surface area contributed by atoms with Gasteiger partial charge in [0.1, 0.15) is 12.0 Å². The van der Waals surface area contributed by atoms with Crippen molar-refractivity contribution in [3.05, 3.63) is 41.7 Å². The number of anilines is 3. The van der Waals surface area contributed by atoms with Gasteiger partial charge in [-0.1, -0.05) is 17.7 Å². The monoisotopic (exact) mass is 326 g/mol. The van der Waals surface area contributed by atoms with Crippen molar-refractivity contribution in [1.29, 1.82) is 0 Å². The fraction of sp³-hybridized carbons (Fsp3) is 0.353. The zero-order chi connectivity index (χ0) is 16.9. The molecule has 3 rings (SSSR count). The lowest BCUT2D eigenvalue weighted by atomic mass is 10.1. The van der Waals surface area contributed by atoms with E-state index in [1.165, 1.54) is 12.7 Å². The first kappa shape index (κ1) is 16.0. The fourth-order valence-corrected chi connectivity index (χ4v) is 2.74. The van der Waals surface area contributed by atoms with E-state index in [9.17, 15) is 4.79 Å². The van der Waals surface area contributed by atoms with E-state index < -0.39 is 0 Å². The molecule has 1 aliphatic rings. The van der Waals surface area contributed by atoms with Crippen LogP contribution in [-0.4, -0.2) is 29.0 Å². The average Bonchev–Trinajstić information content (AvgIpc) is 2.62. The van der Waals surface area contributed by atoms with Gasteiger partial charge in [-0.2, -0.15) is 0 Å². The standard InChI is InChI=1S/C17H22N6O/c1-12-5-7-13(8-6-12)17(24)22-21-15-14(18)16(20-11-19-15)23-9-3-2-4-10-23/h5-8,11H,2-4,9-10,18H2,1H3,(H,22,24)(H,19,20,21). The zero-order valence-corrected chi connectivity index (χ0v) is 13.7. The Labute approximate surface area is 141 Å². The van der Waals surface area contributed by atoms with Gasteiger partial charge < -0.3 is 10.6 Å². The van der Waals surface area contributed by atoms with Crippen LogP contribution in [0.1, 0.15) is 35.2 Å². The number of amides is 1. The second kappa shape index (κ2) is 7.16. The normalized spacial score (nSPS) is 14.3. The Balaban J connectivity index is 1.68. The number of piperidine rings is 1. The molecule has 1 fully saturated rings. The number of rotatable bonds is 4. The Kier molecular flexibility index (Phi) is 4.79. The highest BCUT2D eigenvalue weighted by molar-refractivity contribution is 5.95. The van der Waals surface area contributed by atoms with Gasteiger partial charge >= 0.3 is 0 Å². The molecule has 1 saturated heterocycles. The van der Waals surface area contributed by atoms with Crippen LogP contribution in [0.15, 0.2) is 30.6 Å². The van der Waals surface area contributed by atoms with Crippen molar-refractivity contribution < 1.29 is 4.79 Å². The minimum absolute atomic E-state index is 0.243. The number of nitrogens with one attached hydrogen (secondary N) is 2. The lowest BCUT2D eigenvalue weighted by Crippen LogP contribution is -2.33. The van der Waals surface area contributed by atoms with E-state index in [-0.39, 0.29) is 5.91 Å². The van der Waals surface area contributed by atoms with Crippen LogP contribution in [0.25, 0.3) is 0 Å². The largest absolute Gasteiger partial charge is 0.393 e. The summed E-state index contributed by atoms with van der Waals surface area (Å²) in [6.45, 7) is 3.86. The molecule has 1 aromatic heterocycles. The number of carbonyl (C=O) groups is 1. The third kappa shape index (κ3) is 3.56. The number of carbonyl (C=O) groups excluding carboxylic acids is 1. The fourth-order valence-electron chi connectivity index (χ4n) is 2.74. The van der Waals surface area contributed by atoms with Crippen LogP contribution in [0.5, 0.6) is 0 Å². The highest BCUT2D eigenvalue weighted by Gasteiger charge is 2.17. The van der Waals surface area contributed by atoms with Crippen molar-refractivity contribution in [2.24, 2.45) is 0 Å². The summed E-state index contributed by atoms with van der Waals surface area (Å²) in [6.07, 6.45) is 4.96. The Hall–Kier alpha value is -2.83. The molecule has 7 heteroatoms. The van der Waals surface area contributed by atoms with E-state index in [0.717, 1.165) is 37.3 Å². The van der Waals surface area contributed by atoms with Crippen LogP contribution in [0.2, 0.25) is 0 Å². The lowest BCUT2D eigenvalue weighted by molar-refractivity contribution is 0.0962. The number of aromatic nitrogens is 2. The molecular weight excluding hydrogens is 304 g/mol. The van der Waals surface area contributed by atoms with Crippen LogP contribution in [-0.2, 0) is 0 Å². The van der Waals surface area contributed by atoms with Gasteiger partial charge in [0.05, 0.1) is 0 Å². The number of nitrogens with two attached hydrogens (primary N) is 1. The Morgan fingerprint density at radius 3 is 2.54 bits per heavy atom. The van der Waals surface area contributed by atoms with Crippen molar-refractivity contribution in [2.75, 3.05) is 29.1 Å². The molecule has 4 N–H and O–H groups in total. The maximum atomic E-state index is 12.2. The van der Waals surface area contributed by atoms with Gasteiger partial charge in [0.2, 0.25) is 0 Å². The van der Waals surface area contributed by atoms with Crippen LogP contribution in [0.4, 0.5) is 17.3 Å². The van der Waals surface area contributed by atoms with Crippen LogP contribution >= 0.6 is 0 Å². The summed E-state index contributed by atoms with van der Waals surface area (Å²) in [7, 11) is 0. The first-order valence-electron chi connectivity index (χ1n) is 8.13. The molecule has 0 atom stereocenters. The van der Waals surface area contributed by atoms with Gasteiger partial charge in [0.15, 0.2) is 11.6 Å². The summed E-state index contributed by atoms with van der Waals surface area (Å²) in [6, 6.07) is 7.33. The molecule has 1 aliphatic heterocycles. The molecule has 1 aromatic carbocycles. The topological polar surface area (TPSA) is 96.2 Å². The summed E-state index contributed by atoms with van der Waals surface area (Å²) in [5.41, 5.74) is 13.7. The van der Waals surface area contributed by atoms with Gasteiger partial charge in [-0.15, -0.1) is 0 Å². The number of hydrogen-bond donors (Lipinski definition) is 3. The van der Waals surface area contributed by atoms with E-state index in [2.05, 4.69) is 25.7 Å². The SMILES string of the molecule is Cc1ccc(C(=O)NNc2ncnc(N3CCCCC3)c2N)cc1. The second-order valence-electron chi connectivity index (χ2n) is 5.95. The predicted molar refractivity (Wildman–Crippen MR) is 94.8 cm³/mol. The summed E-state index contributed by atoms with van der Waals surface area (Å²) >= 11 is 0. The maximum absolute atomic E-state index is 12.2. The summed E-state index contributed by atoms with van der Waals surface area (Å²) < 4.78 is 0.